The number of carbonyl (C=O) groups excluding carboxylic acids is 1. The minimum absolute atomic E-state index is 0.0301. The molecular weight excluding hydrogens is 510 g/mol. The summed E-state index contributed by atoms with van der Waals surface area (Å²) >= 11 is 0. The van der Waals surface area contributed by atoms with Gasteiger partial charge in [0.15, 0.2) is 9.84 Å². The van der Waals surface area contributed by atoms with Crippen LogP contribution in [0.5, 0.6) is 0 Å². The number of piperidine rings is 1. The number of rotatable bonds is 5. The Labute approximate surface area is 217 Å². The number of nitrogens with zero attached hydrogens (tertiary/aromatic N) is 2. The van der Waals surface area contributed by atoms with Crippen LogP contribution in [0.3, 0.4) is 0 Å². The minimum atomic E-state index is -3.83. The number of amides is 2. The van der Waals surface area contributed by atoms with E-state index in [1.54, 1.807) is 4.90 Å². The van der Waals surface area contributed by atoms with E-state index < -0.39 is 19.9 Å². The van der Waals surface area contributed by atoms with Gasteiger partial charge in [0.05, 0.1) is 9.79 Å². The van der Waals surface area contributed by atoms with Gasteiger partial charge >= 0.3 is 6.03 Å². The largest absolute Gasteiger partial charge is 0.335 e. The molecule has 10 heteroatoms. The topological polar surface area (TPSA) is 104 Å². The fourth-order valence-electron chi connectivity index (χ4n) is 4.93. The van der Waals surface area contributed by atoms with Crippen molar-refractivity contribution in [2.45, 2.75) is 35.1 Å². The molecule has 3 aromatic rings. The molecule has 37 heavy (non-hydrogen) atoms. The smallest absolute Gasteiger partial charge is 0.322 e. The predicted octanol–water partition coefficient (Wildman–Crippen LogP) is 3.68. The minimum Gasteiger partial charge on any atom is -0.335 e. The highest BCUT2D eigenvalue weighted by Crippen LogP contribution is 2.32. The lowest BCUT2D eigenvalue weighted by Gasteiger charge is -2.32. The van der Waals surface area contributed by atoms with E-state index in [4.69, 9.17) is 0 Å². The molecule has 1 saturated heterocycles. The van der Waals surface area contributed by atoms with Crippen LogP contribution >= 0.6 is 0 Å². The molecule has 1 fully saturated rings. The molecule has 0 spiro atoms. The van der Waals surface area contributed by atoms with E-state index in [9.17, 15) is 21.6 Å². The molecule has 8 nitrogen and oxygen atoms in total. The number of hydrogen-bond acceptors (Lipinski definition) is 5. The van der Waals surface area contributed by atoms with Gasteiger partial charge in [-0.3, -0.25) is 4.90 Å². The van der Waals surface area contributed by atoms with Gasteiger partial charge in [0.25, 0.3) is 0 Å². The molecule has 2 amide bonds. The third-order valence-electron chi connectivity index (χ3n) is 6.98. The number of anilines is 1. The molecule has 5 rings (SSSR count). The maximum absolute atomic E-state index is 13.1. The molecule has 2 aliphatic heterocycles. The summed E-state index contributed by atoms with van der Waals surface area (Å²) in [5, 5.41) is 3.07. The first-order chi connectivity index (χ1) is 17.6. The van der Waals surface area contributed by atoms with Crippen molar-refractivity contribution in [3.05, 3.63) is 78.4 Å². The molecule has 2 aliphatic rings. The predicted molar refractivity (Wildman–Crippen MR) is 143 cm³/mol. The van der Waals surface area contributed by atoms with Gasteiger partial charge in [0, 0.05) is 37.6 Å². The first-order valence-corrected chi connectivity index (χ1v) is 15.5. The Morgan fingerprint density at radius 1 is 0.811 bits per heavy atom. The summed E-state index contributed by atoms with van der Waals surface area (Å²) in [6, 6.07) is 21.4. The van der Waals surface area contributed by atoms with Crippen molar-refractivity contribution < 1.29 is 21.6 Å². The first-order valence-electron chi connectivity index (χ1n) is 12.2. The van der Waals surface area contributed by atoms with Gasteiger partial charge in [-0.2, -0.15) is 4.31 Å². The van der Waals surface area contributed by atoms with Crippen LogP contribution in [0, 0.1) is 0 Å². The van der Waals surface area contributed by atoms with Crippen molar-refractivity contribution >= 4 is 31.6 Å². The van der Waals surface area contributed by atoms with Gasteiger partial charge in [0.1, 0.15) is 0 Å². The van der Waals surface area contributed by atoms with E-state index in [0.717, 1.165) is 35.1 Å². The lowest BCUT2D eigenvalue weighted by atomic mass is 10.0. The summed E-state index contributed by atoms with van der Waals surface area (Å²) in [5.74, 6) is 0. The van der Waals surface area contributed by atoms with E-state index in [2.05, 4.69) is 23.5 Å². The number of urea groups is 1. The van der Waals surface area contributed by atoms with E-state index in [1.807, 2.05) is 30.3 Å². The molecule has 3 aromatic carbocycles. The number of benzene rings is 3. The highest BCUT2D eigenvalue weighted by molar-refractivity contribution is 7.91. The summed E-state index contributed by atoms with van der Waals surface area (Å²) in [6.45, 7) is 1.09. The van der Waals surface area contributed by atoms with Crippen molar-refractivity contribution in [3.63, 3.8) is 0 Å². The summed E-state index contributed by atoms with van der Waals surface area (Å²) < 4.78 is 51.3. The van der Waals surface area contributed by atoms with Gasteiger partial charge in [0.2, 0.25) is 10.0 Å². The standard InChI is InChI=1S/C27H29N3O5S2/c1-36(32,33)24-8-5-9-25(19-24)37(34,35)29-15-13-23(14-16-29)28-27(31)30-17-12-22-18-21(10-11-26(22)30)20-6-3-2-4-7-20/h2-11,18-19,23H,12-17H2,1H3,(H,28,31). The SMILES string of the molecule is CS(=O)(=O)c1cccc(S(=O)(=O)N2CCC(NC(=O)N3CCc4cc(-c5ccccc5)ccc43)CC2)c1. The zero-order chi connectivity index (χ0) is 26.2. The number of fused-ring (bicyclic) bond motifs is 1. The number of sulfone groups is 1. The lowest BCUT2D eigenvalue weighted by Crippen LogP contribution is -2.50. The van der Waals surface area contributed by atoms with Gasteiger partial charge in [-0.1, -0.05) is 42.5 Å². The van der Waals surface area contributed by atoms with Crippen molar-refractivity contribution in [1.82, 2.24) is 9.62 Å². The van der Waals surface area contributed by atoms with E-state index in [1.165, 1.54) is 28.6 Å². The van der Waals surface area contributed by atoms with Crippen LogP contribution < -0.4 is 10.2 Å². The Kier molecular flexibility index (Phi) is 6.82. The van der Waals surface area contributed by atoms with Crippen LogP contribution in [0.2, 0.25) is 0 Å². The van der Waals surface area contributed by atoms with Crippen molar-refractivity contribution in [3.8, 4) is 11.1 Å². The Balaban J connectivity index is 1.21. The fraction of sp³-hybridized carbons (Fsp3) is 0.296. The maximum atomic E-state index is 13.1. The zero-order valence-electron chi connectivity index (χ0n) is 20.5. The molecule has 2 heterocycles. The average molecular weight is 540 g/mol. The van der Waals surface area contributed by atoms with Gasteiger partial charge in [-0.05, 0) is 66.3 Å². The van der Waals surface area contributed by atoms with Crippen LogP contribution in [0.4, 0.5) is 10.5 Å². The highest BCUT2D eigenvalue weighted by atomic mass is 32.2. The number of nitrogens with one attached hydrogen (secondary N) is 1. The second-order valence-corrected chi connectivity index (χ2v) is 13.4. The fourth-order valence-corrected chi connectivity index (χ4v) is 7.19. The number of carbonyl (C=O) groups is 1. The van der Waals surface area contributed by atoms with Crippen molar-refractivity contribution in [1.29, 1.82) is 0 Å². The molecule has 0 aromatic heterocycles. The zero-order valence-corrected chi connectivity index (χ0v) is 22.1. The third kappa shape index (κ3) is 5.27. The lowest BCUT2D eigenvalue weighted by molar-refractivity contribution is 0.233. The molecule has 0 bridgehead atoms. The number of sulfonamides is 1. The Morgan fingerprint density at radius 2 is 1.51 bits per heavy atom. The molecule has 0 unspecified atom stereocenters. The molecule has 0 saturated carbocycles. The van der Waals surface area contributed by atoms with Crippen LogP contribution in [0.1, 0.15) is 18.4 Å². The molecule has 1 N–H and O–H groups in total. The van der Waals surface area contributed by atoms with Gasteiger partial charge in [-0.15, -0.1) is 0 Å². The van der Waals surface area contributed by atoms with Crippen molar-refractivity contribution in [2.75, 3.05) is 30.8 Å². The van der Waals surface area contributed by atoms with E-state index >= 15 is 0 Å². The normalized spacial score (nSPS) is 16.9. The summed E-state index contributed by atoms with van der Waals surface area (Å²) in [5.41, 5.74) is 4.30. The second kappa shape index (κ2) is 9.92. The highest BCUT2D eigenvalue weighted by Gasteiger charge is 2.32. The number of hydrogen-bond donors (Lipinski definition) is 1. The Morgan fingerprint density at radius 3 is 2.22 bits per heavy atom. The van der Waals surface area contributed by atoms with Crippen LogP contribution in [-0.2, 0) is 26.3 Å². The quantitative estimate of drug-likeness (QED) is 0.533. The van der Waals surface area contributed by atoms with Crippen LogP contribution in [0.25, 0.3) is 11.1 Å². The molecule has 0 radical (unpaired) electrons. The van der Waals surface area contributed by atoms with Gasteiger partial charge < -0.3 is 5.32 Å². The van der Waals surface area contributed by atoms with E-state index in [-0.39, 0.29) is 35.0 Å². The Bertz CT molecular complexity index is 1530. The third-order valence-corrected chi connectivity index (χ3v) is 9.99. The molecule has 0 atom stereocenters. The summed E-state index contributed by atoms with van der Waals surface area (Å²) in [7, 11) is -7.35. The van der Waals surface area contributed by atoms with Crippen molar-refractivity contribution in [2.24, 2.45) is 0 Å². The maximum Gasteiger partial charge on any atom is 0.322 e. The first kappa shape index (κ1) is 25.4. The summed E-state index contributed by atoms with van der Waals surface area (Å²) in [6.07, 6.45) is 2.79. The molecule has 0 aliphatic carbocycles. The molecule has 194 valence electrons. The molecular formula is C27H29N3O5S2. The average Bonchev–Trinajstić information content (AvgIpc) is 3.33. The monoisotopic (exact) mass is 539 g/mol. The van der Waals surface area contributed by atoms with Gasteiger partial charge in [-0.25, -0.2) is 21.6 Å². The summed E-state index contributed by atoms with van der Waals surface area (Å²) in [4.78, 5) is 14.8. The van der Waals surface area contributed by atoms with Crippen LogP contribution in [0.15, 0.2) is 82.6 Å². The van der Waals surface area contributed by atoms with E-state index in [0.29, 0.717) is 19.4 Å². The Hall–Kier alpha value is -3.21. The van der Waals surface area contributed by atoms with Crippen LogP contribution in [-0.4, -0.2) is 59.1 Å². The second-order valence-electron chi connectivity index (χ2n) is 9.49.